The van der Waals surface area contributed by atoms with Gasteiger partial charge in [0.05, 0.1) is 31.9 Å². The van der Waals surface area contributed by atoms with Crippen LogP contribution in [0.3, 0.4) is 0 Å². The predicted molar refractivity (Wildman–Crippen MR) is 113 cm³/mol. The van der Waals surface area contributed by atoms with Gasteiger partial charge in [-0.05, 0) is 30.0 Å². The molecule has 0 aliphatic carbocycles. The number of ether oxygens (including phenoxy) is 2. The van der Waals surface area contributed by atoms with Gasteiger partial charge in [0.25, 0.3) is 0 Å². The van der Waals surface area contributed by atoms with E-state index in [1.165, 1.54) is 14.2 Å². The SMILES string of the molecule is CCSc1ccccc1NC(=O)CN(c1ccc(OC)cc1OC)S(C)(=O)=O. The Morgan fingerprint density at radius 1 is 1.14 bits per heavy atom. The minimum Gasteiger partial charge on any atom is -0.497 e. The van der Waals surface area contributed by atoms with Crippen molar-refractivity contribution in [1.82, 2.24) is 0 Å². The van der Waals surface area contributed by atoms with Gasteiger partial charge < -0.3 is 14.8 Å². The maximum absolute atomic E-state index is 12.6. The van der Waals surface area contributed by atoms with Gasteiger partial charge in [-0.25, -0.2) is 8.42 Å². The van der Waals surface area contributed by atoms with Crippen molar-refractivity contribution in [2.24, 2.45) is 0 Å². The zero-order valence-electron chi connectivity index (χ0n) is 16.3. The summed E-state index contributed by atoms with van der Waals surface area (Å²) in [5.74, 6) is 1.21. The number of para-hydroxylation sites is 1. The summed E-state index contributed by atoms with van der Waals surface area (Å²) in [4.78, 5) is 13.6. The van der Waals surface area contributed by atoms with Crippen molar-refractivity contribution in [1.29, 1.82) is 0 Å². The summed E-state index contributed by atoms with van der Waals surface area (Å²) in [6.45, 7) is 1.64. The molecule has 0 saturated carbocycles. The molecule has 0 bridgehead atoms. The van der Waals surface area contributed by atoms with Crippen molar-refractivity contribution in [3.63, 3.8) is 0 Å². The lowest BCUT2D eigenvalue weighted by atomic mass is 10.2. The fourth-order valence-electron chi connectivity index (χ4n) is 2.54. The lowest BCUT2D eigenvalue weighted by molar-refractivity contribution is -0.114. The minimum atomic E-state index is -3.73. The second kappa shape index (κ2) is 9.70. The molecule has 152 valence electrons. The Morgan fingerprint density at radius 3 is 2.46 bits per heavy atom. The topological polar surface area (TPSA) is 84.9 Å². The first-order valence-electron chi connectivity index (χ1n) is 8.51. The molecule has 2 aromatic rings. The summed E-state index contributed by atoms with van der Waals surface area (Å²) < 4.78 is 36.2. The van der Waals surface area contributed by atoms with E-state index in [0.717, 1.165) is 21.2 Å². The molecule has 1 amide bonds. The summed E-state index contributed by atoms with van der Waals surface area (Å²) in [6, 6.07) is 12.1. The van der Waals surface area contributed by atoms with Gasteiger partial charge in [-0.3, -0.25) is 9.10 Å². The van der Waals surface area contributed by atoms with Crippen LogP contribution in [0.1, 0.15) is 6.92 Å². The van der Waals surface area contributed by atoms with E-state index in [0.29, 0.717) is 17.2 Å². The molecule has 28 heavy (non-hydrogen) atoms. The van der Waals surface area contributed by atoms with Gasteiger partial charge in [0.15, 0.2) is 0 Å². The quantitative estimate of drug-likeness (QED) is 0.622. The average Bonchev–Trinajstić information content (AvgIpc) is 2.66. The van der Waals surface area contributed by atoms with Crippen LogP contribution in [0.15, 0.2) is 47.4 Å². The first-order valence-corrected chi connectivity index (χ1v) is 11.3. The van der Waals surface area contributed by atoms with Crippen LogP contribution in [0.2, 0.25) is 0 Å². The van der Waals surface area contributed by atoms with Crippen LogP contribution >= 0.6 is 11.8 Å². The third kappa shape index (κ3) is 5.56. The summed E-state index contributed by atoms with van der Waals surface area (Å²) >= 11 is 1.59. The summed E-state index contributed by atoms with van der Waals surface area (Å²) in [5, 5.41) is 2.80. The average molecular weight is 425 g/mol. The van der Waals surface area contributed by atoms with Crippen LogP contribution in [-0.4, -0.2) is 47.1 Å². The third-order valence-corrected chi connectivity index (χ3v) is 5.89. The Bertz CT molecular complexity index is 932. The standard InChI is InChI=1S/C19H24N2O5S2/c1-5-27-18-9-7-6-8-15(18)20-19(22)13-21(28(4,23)24)16-11-10-14(25-2)12-17(16)26-3/h6-12H,5,13H2,1-4H3,(H,20,22). The number of benzene rings is 2. The van der Waals surface area contributed by atoms with E-state index in [4.69, 9.17) is 9.47 Å². The van der Waals surface area contributed by atoms with E-state index in [-0.39, 0.29) is 12.2 Å². The van der Waals surface area contributed by atoms with Crippen molar-refractivity contribution in [2.75, 3.05) is 42.4 Å². The highest BCUT2D eigenvalue weighted by molar-refractivity contribution is 7.99. The van der Waals surface area contributed by atoms with E-state index in [9.17, 15) is 13.2 Å². The van der Waals surface area contributed by atoms with Gasteiger partial charge in [-0.1, -0.05) is 19.1 Å². The van der Waals surface area contributed by atoms with Gasteiger partial charge in [0.2, 0.25) is 15.9 Å². The molecule has 0 heterocycles. The number of hydrogen-bond acceptors (Lipinski definition) is 6. The van der Waals surface area contributed by atoms with Crippen LogP contribution in [0.4, 0.5) is 11.4 Å². The van der Waals surface area contributed by atoms with Crippen molar-refractivity contribution < 1.29 is 22.7 Å². The molecule has 0 saturated heterocycles. The Hall–Kier alpha value is -2.39. The van der Waals surface area contributed by atoms with Crippen molar-refractivity contribution >= 4 is 39.1 Å². The molecule has 0 radical (unpaired) electrons. The number of sulfonamides is 1. The lowest BCUT2D eigenvalue weighted by Crippen LogP contribution is -2.37. The zero-order chi connectivity index (χ0) is 20.7. The number of carbonyl (C=O) groups is 1. The second-order valence-electron chi connectivity index (χ2n) is 5.78. The highest BCUT2D eigenvalue weighted by Crippen LogP contribution is 2.33. The first-order chi connectivity index (χ1) is 13.3. The third-order valence-electron chi connectivity index (χ3n) is 3.80. The van der Waals surface area contributed by atoms with Crippen LogP contribution in [0, 0.1) is 0 Å². The molecular weight excluding hydrogens is 400 g/mol. The van der Waals surface area contributed by atoms with Crippen molar-refractivity contribution in [3.05, 3.63) is 42.5 Å². The number of amides is 1. The number of anilines is 2. The predicted octanol–water partition coefficient (Wildman–Crippen LogP) is 3.22. The Balaban J connectivity index is 2.30. The second-order valence-corrected chi connectivity index (χ2v) is 9.00. The fraction of sp³-hybridized carbons (Fsp3) is 0.316. The summed E-state index contributed by atoms with van der Waals surface area (Å²) in [5.41, 5.74) is 0.909. The fourth-order valence-corrected chi connectivity index (χ4v) is 4.16. The molecule has 0 unspecified atom stereocenters. The van der Waals surface area contributed by atoms with Crippen LogP contribution in [0.5, 0.6) is 11.5 Å². The maximum atomic E-state index is 12.6. The number of hydrogen-bond donors (Lipinski definition) is 1. The smallest absolute Gasteiger partial charge is 0.245 e. The molecule has 2 aromatic carbocycles. The van der Waals surface area contributed by atoms with Gasteiger partial charge in [-0.2, -0.15) is 0 Å². The number of nitrogens with zero attached hydrogens (tertiary/aromatic N) is 1. The molecule has 0 aromatic heterocycles. The molecule has 0 fully saturated rings. The number of rotatable bonds is 9. The Labute approximate surface area is 170 Å². The molecule has 9 heteroatoms. The van der Waals surface area contributed by atoms with Crippen molar-refractivity contribution in [3.8, 4) is 11.5 Å². The van der Waals surface area contributed by atoms with E-state index >= 15 is 0 Å². The van der Waals surface area contributed by atoms with E-state index in [1.807, 2.05) is 25.1 Å². The monoisotopic (exact) mass is 424 g/mol. The highest BCUT2D eigenvalue weighted by atomic mass is 32.2. The van der Waals surface area contributed by atoms with E-state index < -0.39 is 15.9 Å². The normalized spacial score (nSPS) is 11.0. The van der Waals surface area contributed by atoms with Gasteiger partial charge in [-0.15, -0.1) is 11.8 Å². The highest BCUT2D eigenvalue weighted by Gasteiger charge is 2.24. The Kier molecular flexibility index (Phi) is 7.59. The van der Waals surface area contributed by atoms with Gasteiger partial charge in [0, 0.05) is 11.0 Å². The molecule has 0 aliphatic heterocycles. The molecule has 0 spiro atoms. The summed E-state index contributed by atoms with van der Waals surface area (Å²) in [7, 11) is -0.802. The van der Waals surface area contributed by atoms with Crippen molar-refractivity contribution in [2.45, 2.75) is 11.8 Å². The molecule has 2 rings (SSSR count). The van der Waals surface area contributed by atoms with Gasteiger partial charge in [0.1, 0.15) is 18.0 Å². The molecular formula is C19H24N2O5S2. The summed E-state index contributed by atoms with van der Waals surface area (Å²) in [6.07, 6.45) is 1.05. The molecule has 7 nitrogen and oxygen atoms in total. The molecule has 0 aliphatic rings. The lowest BCUT2D eigenvalue weighted by Gasteiger charge is -2.24. The zero-order valence-corrected chi connectivity index (χ0v) is 17.9. The maximum Gasteiger partial charge on any atom is 0.245 e. The first kappa shape index (κ1) is 21.9. The number of methoxy groups -OCH3 is 2. The minimum absolute atomic E-state index is 0.261. The van der Waals surface area contributed by atoms with Crippen LogP contribution in [0.25, 0.3) is 0 Å². The molecule has 0 atom stereocenters. The number of nitrogens with one attached hydrogen (secondary N) is 1. The van der Waals surface area contributed by atoms with Crippen LogP contribution in [-0.2, 0) is 14.8 Å². The van der Waals surface area contributed by atoms with E-state index in [1.54, 1.807) is 36.0 Å². The number of thioether (sulfide) groups is 1. The van der Waals surface area contributed by atoms with E-state index in [2.05, 4.69) is 5.32 Å². The Morgan fingerprint density at radius 2 is 1.86 bits per heavy atom. The number of carbonyl (C=O) groups excluding carboxylic acids is 1. The van der Waals surface area contributed by atoms with Crippen LogP contribution < -0.4 is 19.1 Å². The van der Waals surface area contributed by atoms with Gasteiger partial charge >= 0.3 is 0 Å². The largest absolute Gasteiger partial charge is 0.497 e. The molecule has 1 N–H and O–H groups in total.